The number of fused-ring (bicyclic) bond motifs is 1. The van der Waals surface area contributed by atoms with E-state index < -0.39 is 11.4 Å². The maximum absolute atomic E-state index is 12.8. The van der Waals surface area contributed by atoms with E-state index in [0.717, 1.165) is 36.9 Å². The van der Waals surface area contributed by atoms with Gasteiger partial charge in [-0.2, -0.15) is 5.26 Å². The summed E-state index contributed by atoms with van der Waals surface area (Å²) in [6, 6.07) is 13.0. The van der Waals surface area contributed by atoms with Crippen LogP contribution in [0, 0.1) is 11.3 Å². The molecule has 140 valence electrons. The number of H-pyrrole nitrogens is 1. The summed E-state index contributed by atoms with van der Waals surface area (Å²) < 4.78 is 6.16. The maximum Gasteiger partial charge on any atom is 0.438 e. The fourth-order valence-corrected chi connectivity index (χ4v) is 4.12. The third-order valence-corrected chi connectivity index (χ3v) is 5.64. The Morgan fingerprint density at radius 1 is 1.29 bits per heavy atom. The molecule has 0 fully saturated rings. The number of pyridine rings is 1. The molecular formula is C20H17N4O3S+. The quantitative estimate of drug-likeness (QED) is 0.405. The summed E-state index contributed by atoms with van der Waals surface area (Å²) in [6.07, 6.45) is 4.00. The van der Waals surface area contributed by atoms with Gasteiger partial charge in [-0.3, -0.25) is 9.32 Å². The lowest BCUT2D eigenvalue weighted by Gasteiger charge is -2.16. The number of para-hydroxylation sites is 1. The second kappa shape index (κ2) is 7.82. The first-order valence-corrected chi connectivity index (χ1v) is 9.94. The second-order valence-corrected chi connectivity index (χ2v) is 7.44. The predicted molar refractivity (Wildman–Crippen MR) is 102 cm³/mol. The molecule has 3 aromatic rings. The maximum atomic E-state index is 12.8. The summed E-state index contributed by atoms with van der Waals surface area (Å²) in [5.74, 6) is -0.414. The molecule has 2 aromatic heterocycles. The second-order valence-electron chi connectivity index (χ2n) is 6.48. The van der Waals surface area contributed by atoms with Crippen LogP contribution in [-0.2, 0) is 12.8 Å². The number of aromatic amines is 1. The number of benzene rings is 1. The first kappa shape index (κ1) is 18.2. The Labute approximate surface area is 165 Å². The van der Waals surface area contributed by atoms with Crippen molar-refractivity contribution in [3.05, 3.63) is 69.3 Å². The highest BCUT2D eigenvalue weighted by molar-refractivity contribution is 8.00. The molecule has 0 saturated carbocycles. The third kappa shape index (κ3) is 3.49. The van der Waals surface area contributed by atoms with Gasteiger partial charge in [-0.05, 0) is 47.3 Å². The summed E-state index contributed by atoms with van der Waals surface area (Å²) in [4.78, 5) is 29.4. The molecule has 1 N–H and O–H groups in total. The highest BCUT2D eigenvalue weighted by Crippen LogP contribution is 2.27. The van der Waals surface area contributed by atoms with Crippen molar-refractivity contribution in [1.29, 1.82) is 5.26 Å². The molecule has 4 rings (SSSR count). The number of thioether (sulfide) groups is 1. The van der Waals surface area contributed by atoms with Crippen LogP contribution >= 0.6 is 11.8 Å². The lowest BCUT2D eigenvalue weighted by Crippen LogP contribution is -2.41. The van der Waals surface area contributed by atoms with Crippen molar-refractivity contribution in [1.82, 2.24) is 10.3 Å². The van der Waals surface area contributed by atoms with Crippen LogP contribution in [0.3, 0.4) is 0 Å². The van der Waals surface area contributed by atoms with E-state index in [-0.39, 0.29) is 11.4 Å². The van der Waals surface area contributed by atoms with Crippen molar-refractivity contribution in [3.8, 4) is 11.8 Å². The average molecular weight is 393 g/mol. The lowest BCUT2D eigenvalue weighted by molar-refractivity contribution is -0.672. The highest BCUT2D eigenvalue weighted by atomic mass is 32.2. The predicted octanol–water partition coefficient (Wildman–Crippen LogP) is 2.37. The van der Waals surface area contributed by atoms with Gasteiger partial charge in [0.25, 0.3) is 0 Å². The van der Waals surface area contributed by atoms with Gasteiger partial charge in [-0.25, -0.2) is 9.78 Å². The number of hydrogen-bond donors (Lipinski definition) is 1. The van der Waals surface area contributed by atoms with Gasteiger partial charge in [0.1, 0.15) is 11.1 Å². The number of rotatable bonds is 5. The lowest BCUT2D eigenvalue weighted by atomic mass is 9.95. The van der Waals surface area contributed by atoms with E-state index >= 15 is 0 Å². The number of aryl methyl sites for hydroxylation is 2. The van der Waals surface area contributed by atoms with Crippen LogP contribution in [0.15, 0.2) is 50.7 Å². The number of carbonyl (C=O) groups excluding carboxylic acids is 1. The molecule has 0 unspecified atom stereocenters. The van der Waals surface area contributed by atoms with Gasteiger partial charge in [0.2, 0.25) is 11.5 Å². The van der Waals surface area contributed by atoms with E-state index in [1.165, 1.54) is 16.4 Å². The third-order valence-electron chi connectivity index (χ3n) is 4.65. The van der Waals surface area contributed by atoms with Crippen molar-refractivity contribution in [2.24, 2.45) is 0 Å². The van der Waals surface area contributed by atoms with Gasteiger partial charge in [-0.1, -0.05) is 30.0 Å². The molecule has 1 aliphatic carbocycles. The summed E-state index contributed by atoms with van der Waals surface area (Å²) >= 11 is 1.17. The molecule has 1 aliphatic rings. The minimum absolute atomic E-state index is 0.0179. The topological polar surface area (TPSA) is 104 Å². The van der Waals surface area contributed by atoms with Crippen LogP contribution in [-0.4, -0.2) is 21.8 Å². The standard InChI is InChI=1S/C20H16N4O3S/c21-11-14-10-13-6-4-5-9-16(13)22-19(14)28-12-17(25)18-20(26)27-23-24(18)15-7-2-1-3-8-15/h1-3,7-8,10H,4-6,9,12H2/p+1. The molecule has 1 aromatic carbocycles. The summed E-state index contributed by atoms with van der Waals surface area (Å²) in [6.45, 7) is 0. The van der Waals surface area contributed by atoms with E-state index in [9.17, 15) is 14.9 Å². The number of nitriles is 1. The number of hydrogen-bond acceptors (Lipinski definition) is 6. The minimum atomic E-state index is -0.728. The van der Waals surface area contributed by atoms with Crippen molar-refractivity contribution in [2.45, 2.75) is 30.7 Å². The van der Waals surface area contributed by atoms with Crippen molar-refractivity contribution < 1.29 is 14.0 Å². The molecule has 0 saturated heterocycles. The molecule has 0 atom stereocenters. The molecule has 0 bridgehead atoms. The van der Waals surface area contributed by atoms with E-state index in [2.05, 4.69) is 16.3 Å². The average Bonchev–Trinajstić information content (AvgIpc) is 3.13. The van der Waals surface area contributed by atoms with Crippen molar-refractivity contribution in [3.63, 3.8) is 0 Å². The molecule has 7 nitrogen and oxygen atoms in total. The van der Waals surface area contributed by atoms with Crippen molar-refractivity contribution in [2.75, 3.05) is 5.75 Å². The van der Waals surface area contributed by atoms with Gasteiger partial charge in [-0.15, -0.1) is 0 Å². The van der Waals surface area contributed by atoms with Crippen LogP contribution in [0.5, 0.6) is 0 Å². The molecule has 0 amide bonds. The Hall–Kier alpha value is -3.18. The Kier molecular flexibility index (Phi) is 5.08. The fraction of sp³-hybridized carbons (Fsp3) is 0.250. The summed E-state index contributed by atoms with van der Waals surface area (Å²) in [7, 11) is 0. The number of nitrogens with one attached hydrogen (secondary N) is 1. The number of nitrogens with zero attached hydrogens (tertiary/aromatic N) is 3. The Bertz CT molecular complexity index is 1130. The van der Waals surface area contributed by atoms with Gasteiger partial charge >= 0.3 is 11.3 Å². The van der Waals surface area contributed by atoms with E-state index in [1.54, 1.807) is 24.3 Å². The molecule has 0 spiro atoms. The molecule has 2 heterocycles. The van der Waals surface area contributed by atoms with E-state index in [0.29, 0.717) is 16.3 Å². The van der Waals surface area contributed by atoms with Crippen LogP contribution < -0.4 is 10.3 Å². The van der Waals surface area contributed by atoms with E-state index in [4.69, 9.17) is 4.52 Å². The number of Topliss-reactive ketones (excluding diaryl/α,β-unsaturated/α-hetero) is 1. The first-order chi connectivity index (χ1) is 13.7. The monoisotopic (exact) mass is 393 g/mol. The van der Waals surface area contributed by atoms with Crippen LogP contribution in [0.1, 0.15) is 40.2 Å². The zero-order valence-electron chi connectivity index (χ0n) is 15.0. The largest absolute Gasteiger partial charge is 0.438 e. The molecule has 8 heteroatoms. The molecular weight excluding hydrogens is 376 g/mol. The van der Waals surface area contributed by atoms with Gasteiger partial charge in [0.15, 0.2) is 0 Å². The van der Waals surface area contributed by atoms with Crippen molar-refractivity contribution >= 4 is 17.5 Å². The summed E-state index contributed by atoms with van der Waals surface area (Å²) in [5.41, 5.74) is 2.39. The number of ketones is 1. The minimum Gasteiger partial charge on any atom is -0.286 e. The molecule has 28 heavy (non-hydrogen) atoms. The zero-order chi connectivity index (χ0) is 19.5. The Morgan fingerprint density at radius 3 is 2.86 bits per heavy atom. The van der Waals surface area contributed by atoms with E-state index in [1.807, 2.05) is 12.1 Å². The van der Waals surface area contributed by atoms with Crippen LogP contribution in [0.2, 0.25) is 0 Å². The highest BCUT2D eigenvalue weighted by Gasteiger charge is 2.30. The fourth-order valence-electron chi connectivity index (χ4n) is 3.28. The summed E-state index contributed by atoms with van der Waals surface area (Å²) in [5, 5.41) is 12.4. The molecule has 0 aliphatic heterocycles. The SMILES string of the molecule is N#Cc1cc2c(nc1SCC(=O)c1c(=O)o[nH][n+]1-c1ccccc1)CCCC2. The smallest absolute Gasteiger partial charge is 0.286 e. The normalized spacial score (nSPS) is 13.0. The van der Waals surface area contributed by atoms with Gasteiger partial charge in [0, 0.05) is 17.8 Å². The van der Waals surface area contributed by atoms with Gasteiger partial charge < -0.3 is 0 Å². The van der Waals surface area contributed by atoms with Gasteiger partial charge in [0.05, 0.1) is 11.3 Å². The van der Waals surface area contributed by atoms with Crippen LogP contribution in [0.4, 0.5) is 0 Å². The Morgan fingerprint density at radius 2 is 2.07 bits per heavy atom. The van der Waals surface area contributed by atoms with Crippen LogP contribution in [0.25, 0.3) is 5.69 Å². The number of carbonyl (C=O) groups is 1. The number of aromatic nitrogens is 3. The molecule has 0 radical (unpaired) electrons. The zero-order valence-corrected chi connectivity index (χ0v) is 15.8. The Balaban J connectivity index is 1.59. The first-order valence-electron chi connectivity index (χ1n) is 8.95.